The first-order chi connectivity index (χ1) is 9.53. The summed E-state index contributed by atoms with van der Waals surface area (Å²) in [6.45, 7) is 10.6. The molecule has 1 fully saturated rings. The molecule has 0 aliphatic heterocycles. The van der Waals surface area contributed by atoms with Crippen molar-refractivity contribution in [1.29, 1.82) is 0 Å². The SMILES string of the molecule is C=CC(=CCC1(O)CCCCC1)O[Si](CC)(CC)CC. The van der Waals surface area contributed by atoms with Crippen LogP contribution in [0.25, 0.3) is 0 Å². The van der Waals surface area contributed by atoms with E-state index in [0.717, 1.165) is 49.6 Å². The summed E-state index contributed by atoms with van der Waals surface area (Å²) in [7, 11) is -1.63. The van der Waals surface area contributed by atoms with Gasteiger partial charge in [-0.05, 0) is 49.5 Å². The lowest BCUT2D eigenvalue weighted by Gasteiger charge is -2.32. The topological polar surface area (TPSA) is 29.5 Å². The zero-order valence-corrected chi connectivity index (χ0v) is 14.6. The zero-order valence-electron chi connectivity index (χ0n) is 13.6. The van der Waals surface area contributed by atoms with Crippen molar-refractivity contribution in [3.8, 4) is 0 Å². The van der Waals surface area contributed by atoms with Gasteiger partial charge in [-0.1, -0.05) is 46.6 Å². The van der Waals surface area contributed by atoms with E-state index < -0.39 is 13.9 Å². The molecule has 0 radical (unpaired) electrons. The first-order valence-corrected chi connectivity index (χ1v) is 10.8. The van der Waals surface area contributed by atoms with Crippen LogP contribution < -0.4 is 0 Å². The van der Waals surface area contributed by atoms with Gasteiger partial charge < -0.3 is 9.53 Å². The quantitative estimate of drug-likeness (QED) is 0.381. The van der Waals surface area contributed by atoms with E-state index in [1.807, 2.05) is 6.08 Å². The highest BCUT2D eigenvalue weighted by Gasteiger charge is 2.32. The average Bonchev–Trinajstić information content (AvgIpc) is 2.49. The number of rotatable bonds is 8. The number of hydrogen-bond donors (Lipinski definition) is 1. The normalized spacial score (nSPS) is 19.7. The lowest BCUT2D eigenvalue weighted by molar-refractivity contribution is 0.00645. The van der Waals surface area contributed by atoms with Gasteiger partial charge >= 0.3 is 0 Å². The van der Waals surface area contributed by atoms with E-state index in [4.69, 9.17) is 4.43 Å². The number of hydrogen-bond acceptors (Lipinski definition) is 2. The fourth-order valence-electron chi connectivity index (χ4n) is 3.09. The van der Waals surface area contributed by atoms with E-state index in [-0.39, 0.29) is 0 Å². The molecule has 1 aliphatic carbocycles. The van der Waals surface area contributed by atoms with Gasteiger partial charge in [-0.3, -0.25) is 0 Å². The van der Waals surface area contributed by atoms with Crippen LogP contribution in [0.2, 0.25) is 18.1 Å². The van der Waals surface area contributed by atoms with E-state index >= 15 is 0 Å². The predicted octanol–water partition coefficient (Wildman–Crippen LogP) is 5.16. The standard InChI is InChI=1S/C17H32O2Si/c1-5-16(19-20(6-2,7-3)8-4)12-15-17(18)13-10-9-11-14-17/h5,12,18H,1,6-11,13-15H2,2-4H3. The molecule has 3 heteroatoms. The molecular weight excluding hydrogens is 264 g/mol. The Kier molecular flexibility index (Phi) is 7.03. The number of aliphatic hydroxyl groups is 1. The van der Waals surface area contributed by atoms with Gasteiger partial charge in [-0.2, -0.15) is 0 Å². The Labute approximate surface area is 126 Å². The first kappa shape index (κ1) is 17.5. The number of allylic oxidation sites excluding steroid dienone is 1. The van der Waals surface area contributed by atoms with E-state index in [0.29, 0.717) is 6.42 Å². The summed E-state index contributed by atoms with van der Waals surface area (Å²) in [4.78, 5) is 0. The lowest BCUT2D eigenvalue weighted by Crippen LogP contribution is -2.35. The van der Waals surface area contributed by atoms with Crippen LogP contribution >= 0.6 is 0 Å². The van der Waals surface area contributed by atoms with Crippen molar-refractivity contribution >= 4 is 8.32 Å². The molecule has 0 aromatic heterocycles. The highest BCUT2D eigenvalue weighted by Crippen LogP contribution is 2.32. The van der Waals surface area contributed by atoms with Gasteiger partial charge in [0.05, 0.1) is 11.4 Å². The van der Waals surface area contributed by atoms with E-state index in [9.17, 15) is 5.11 Å². The molecule has 1 aliphatic rings. The van der Waals surface area contributed by atoms with Crippen molar-refractivity contribution in [3.05, 3.63) is 24.5 Å². The first-order valence-electron chi connectivity index (χ1n) is 8.27. The molecule has 1 N–H and O–H groups in total. The maximum absolute atomic E-state index is 10.6. The predicted molar refractivity (Wildman–Crippen MR) is 89.2 cm³/mol. The van der Waals surface area contributed by atoms with Crippen LogP contribution in [0.15, 0.2) is 24.5 Å². The van der Waals surface area contributed by atoms with E-state index in [2.05, 4.69) is 33.4 Å². The molecule has 0 saturated heterocycles. The van der Waals surface area contributed by atoms with E-state index in [1.54, 1.807) is 0 Å². The van der Waals surface area contributed by atoms with Gasteiger partial charge in [-0.25, -0.2) is 0 Å². The fraction of sp³-hybridized carbons (Fsp3) is 0.765. The molecule has 0 bridgehead atoms. The monoisotopic (exact) mass is 296 g/mol. The van der Waals surface area contributed by atoms with Crippen LogP contribution in [0.5, 0.6) is 0 Å². The highest BCUT2D eigenvalue weighted by molar-refractivity contribution is 6.73. The molecule has 116 valence electrons. The summed E-state index contributed by atoms with van der Waals surface area (Å²) in [5.74, 6) is 0.890. The molecule has 0 amide bonds. The van der Waals surface area contributed by atoms with Gasteiger partial charge in [0, 0.05) is 0 Å². The van der Waals surface area contributed by atoms with Crippen molar-refractivity contribution in [1.82, 2.24) is 0 Å². The Hall–Kier alpha value is -0.543. The molecule has 0 aromatic rings. The largest absolute Gasteiger partial charge is 0.544 e. The molecule has 0 heterocycles. The summed E-state index contributed by atoms with van der Waals surface area (Å²) in [5.41, 5.74) is -0.509. The minimum Gasteiger partial charge on any atom is -0.544 e. The van der Waals surface area contributed by atoms with Crippen LogP contribution in [0, 0.1) is 0 Å². The molecule has 1 saturated carbocycles. The van der Waals surface area contributed by atoms with Crippen LogP contribution in [-0.2, 0) is 4.43 Å². The highest BCUT2D eigenvalue weighted by atomic mass is 28.4. The van der Waals surface area contributed by atoms with Gasteiger partial charge in [0.1, 0.15) is 0 Å². The second kappa shape index (κ2) is 8.04. The molecule has 1 rings (SSSR count). The third-order valence-electron chi connectivity index (χ3n) is 4.94. The molecule has 0 atom stereocenters. The van der Waals surface area contributed by atoms with Gasteiger partial charge in [-0.15, -0.1) is 0 Å². The second-order valence-electron chi connectivity index (χ2n) is 6.15. The Morgan fingerprint density at radius 1 is 1.15 bits per heavy atom. The minimum absolute atomic E-state index is 0.509. The Morgan fingerprint density at radius 3 is 2.15 bits per heavy atom. The molecule has 0 spiro atoms. The summed E-state index contributed by atoms with van der Waals surface area (Å²) < 4.78 is 6.34. The Morgan fingerprint density at radius 2 is 1.70 bits per heavy atom. The summed E-state index contributed by atoms with van der Waals surface area (Å²) in [6.07, 6.45) is 9.98. The molecule has 0 unspecified atom stereocenters. The summed E-state index contributed by atoms with van der Waals surface area (Å²) in [5, 5.41) is 10.6. The summed E-state index contributed by atoms with van der Waals surface area (Å²) in [6, 6.07) is 3.40. The minimum atomic E-state index is -1.63. The second-order valence-corrected chi connectivity index (χ2v) is 10.8. The maximum atomic E-state index is 10.6. The maximum Gasteiger partial charge on any atom is 0.250 e. The molecular formula is C17H32O2Si. The Bertz CT molecular complexity index is 318. The third-order valence-corrected chi connectivity index (χ3v) is 9.47. The van der Waals surface area contributed by atoms with Crippen LogP contribution in [0.4, 0.5) is 0 Å². The van der Waals surface area contributed by atoms with Crippen LogP contribution in [-0.4, -0.2) is 19.0 Å². The van der Waals surface area contributed by atoms with Crippen molar-refractivity contribution < 1.29 is 9.53 Å². The third kappa shape index (κ3) is 4.78. The van der Waals surface area contributed by atoms with Gasteiger partial charge in [0.2, 0.25) is 8.32 Å². The Balaban J connectivity index is 2.69. The van der Waals surface area contributed by atoms with Crippen molar-refractivity contribution in [3.63, 3.8) is 0 Å². The van der Waals surface area contributed by atoms with Crippen molar-refractivity contribution in [2.75, 3.05) is 0 Å². The van der Waals surface area contributed by atoms with Gasteiger partial charge in [0.25, 0.3) is 0 Å². The molecule has 20 heavy (non-hydrogen) atoms. The van der Waals surface area contributed by atoms with Gasteiger partial charge in [0.15, 0.2) is 0 Å². The molecule has 0 aromatic carbocycles. The lowest BCUT2D eigenvalue weighted by atomic mass is 9.82. The molecule has 2 nitrogen and oxygen atoms in total. The van der Waals surface area contributed by atoms with Crippen LogP contribution in [0.3, 0.4) is 0 Å². The van der Waals surface area contributed by atoms with E-state index in [1.165, 1.54) is 6.42 Å². The summed E-state index contributed by atoms with van der Waals surface area (Å²) >= 11 is 0. The zero-order chi connectivity index (χ0) is 15.1. The average molecular weight is 297 g/mol. The van der Waals surface area contributed by atoms with Crippen molar-refractivity contribution in [2.24, 2.45) is 0 Å². The van der Waals surface area contributed by atoms with Crippen LogP contribution in [0.1, 0.15) is 59.3 Å². The van der Waals surface area contributed by atoms with Crippen molar-refractivity contribution in [2.45, 2.75) is 83.0 Å². The smallest absolute Gasteiger partial charge is 0.250 e. The fourth-order valence-corrected chi connectivity index (χ4v) is 5.69.